The van der Waals surface area contributed by atoms with Crippen LogP contribution >= 0.6 is 0 Å². The van der Waals surface area contributed by atoms with Gasteiger partial charge in [-0.25, -0.2) is 4.39 Å². The number of benzene rings is 1. The topological polar surface area (TPSA) is 46.2 Å². The molecule has 0 unspecified atom stereocenters. The fraction of sp³-hybridized carbons (Fsp3) is 0.400. The van der Waals surface area contributed by atoms with Gasteiger partial charge in [0.25, 0.3) is 0 Å². The molecule has 0 aromatic heterocycles. The molecule has 0 saturated carbocycles. The third-order valence-corrected chi connectivity index (χ3v) is 1.80. The molecular weight excluding hydrogens is 188 g/mol. The second kappa shape index (κ2) is 3.53. The highest BCUT2D eigenvalue weighted by Gasteiger charge is 2.18. The fourth-order valence-electron chi connectivity index (χ4n) is 1.21. The lowest BCUT2D eigenvalue weighted by Crippen LogP contribution is -2.34. The van der Waals surface area contributed by atoms with Gasteiger partial charge in [0.15, 0.2) is 11.6 Å². The quantitative estimate of drug-likeness (QED) is 0.768. The summed E-state index contributed by atoms with van der Waals surface area (Å²) < 4.78 is 25.5. The fourth-order valence-corrected chi connectivity index (χ4v) is 1.21. The van der Waals surface area contributed by atoms with Crippen molar-refractivity contribution in [2.24, 2.45) is 5.73 Å². The molecule has 0 radical (unpaired) electrons. The first-order valence-corrected chi connectivity index (χ1v) is 4.26. The maximum atomic E-state index is 12.9. The lowest BCUT2D eigenvalue weighted by atomic mass is 9.95. The van der Waals surface area contributed by atoms with Gasteiger partial charge < -0.3 is 10.8 Å². The van der Waals surface area contributed by atoms with Crippen molar-refractivity contribution in [3.8, 4) is 5.75 Å². The summed E-state index contributed by atoms with van der Waals surface area (Å²) in [5.74, 6) is -2.92. The van der Waals surface area contributed by atoms with Gasteiger partial charge in [-0.2, -0.15) is 4.39 Å². The van der Waals surface area contributed by atoms with Crippen LogP contribution in [-0.2, 0) is 6.42 Å². The Labute approximate surface area is 81.4 Å². The largest absolute Gasteiger partial charge is 0.505 e. The monoisotopic (exact) mass is 201 g/mol. The van der Waals surface area contributed by atoms with Crippen molar-refractivity contribution in [1.82, 2.24) is 0 Å². The average Bonchev–Trinajstić information content (AvgIpc) is 2.04. The number of aromatic hydroxyl groups is 1. The van der Waals surface area contributed by atoms with E-state index in [4.69, 9.17) is 5.73 Å². The Kier molecular flexibility index (Phi) is 2.76. The molecule has 1 aromatic carbocycles. The molecule has 0 heterocycles. The number of hydrogen-bond donors (Lipinski definition) is 2. The third kappa shape index (κ3) is 2.42. The number of hydrogen-bond acceptors (Lipinski definition) is 2. The molecular formula is C10H13F2NO. The predicted octanol–water partition coefficient (Wildman–Crippen LogP) is 1.95. The van der Waals surface area contributed by atoms with E-state index < -0.39 is 22.9 Å². The minimum Gasteiger partial charge on any atom is -0.505 e. The van der Waals surface area contributed by atoms with E-state index in [1.807, 2.05) is 0 Å². The van der Waals surface area contributed by atoms with Gasteiger partial charge >= 0.3 is 0 Å². The number of nitrogens with two attached hydrogens (primary N) is 1. The van der Waals surface area contributed by atoms with Crippen LogP contribution in [0, 0.1) is 11.6 Å². The Morgan fingerprint density at radius 3 is 2.43 bits per heavy atom. The van der Waals surface area contributed by atoms with E-state index in [9.17, 15) is 13.9 Å². The maximum Gasteiger partial charge on any atom is 0.200 e. The van der Waals surface area contributed by atoms with Crippen LogP contribution in [0.25, 0.3) is 0 Å². The molecule has 0 aliphatic heterocycles. The molecule has 1 rings (SSSR count). The second-order valence-electron chi connectivity index (χ2n) is 4.03. The smallest absolute Gasteiger partial charge is 0.200 e. The van der Waals surface area contributed by atoms with Gasteiger partial charge in [0.2, 0.25) is 5.82 Å². The van der Waals surface area contributed by atoms with E-state index in [0.29, 0.717) is 5.56 Å². The molecule has 0 spiro atoms. The standard InChI is InChI=1S/C10H13F2NO/c1-10(2,13)5-6-3-4-7(11)8(12)9(6)14/h3-4,14H,5,13H2,1-2H3. The van der Waals surface area contributed by atoms with Gasteiger partial charge in [0.1, 0.15) is 0 Å². The summed E-state index contributed by atoms with van der Waals surface area (Å²) >= 11 is 0. The minimum atomic E-state index is -1.22. The summed E-state index contributed by atoms with van der Waals surface area (Å²) in [5.41, 5.74) is 5.45. The van der Waals surface area contributed by atoms with Crippen LogP contribution in [0.4, 0.5) is 8.78 Å². The molecule has 2 nitrogen and oxygen atoms in total. The van der Waals surface area contributed by atoms with Crippen molar-refractivity contribution in [3.63, 3.8) is 0 Å². The van der Waals surface area contributed by atoms with Crippen LogP contribution in [0.2, 0.25) is 0 Å². The Morgan fingerprint density at radius 2 is 1.93 bits per heavy atom. The lowest BCUT2D eigenvalue weighted by Gasteiger charge is -2.19. The van der Waals surface area contributed by atoms with E-state index >= 15 is 0 Å². The summed E-state index contributed by atoms with van der Waals surface area (Å²) in [6.07, 6.45) is 0.288. The van der Waals surface area contributed by atoms with Crippen molar-refractivity contribution < 1.29 is 13.9 Å². The third-order valence-electron chi connectivity index (χ3n) is 1.80. The number of phenols is 1. The summed E-state index contributed by atoms with van der Waals surface area (Å²) in [7, 11) is 0. The van der Waals surface area contributed by atoms with Crippen LogP contribution in [0.5, 0.6) is 5.75 Å². The van der Waals surface area contributed by atoms with E-state index in [0.717, 1.165) is 6.07 Å². The normalized spacial score (nSPS) is 11.8. The Hall–Kier alpha value is -1.16. The van der Waals surface area contributed by atoms with E-state index in [1.54, 1.807) is 13.8 Å². The second-order valence-corrected chi connectivity index (χ2v) is 4.03. The van der Waals surface area contributed by atoms with Crippen molar-refractivity contribution in [2.45, 2.75) is 25.8 Å². The number of phenolic OH excluding ortho intramolecular Hbond substituents is 1. The van der Waals surface area contributed by atoms with Crippen LogP contribution in [0.1, 0.15) is 19.4 Å². The molecule has 78 valence electrons. The lowest BCUT2D eigenvalue weighted by molar-refractivity contribution is 0.394. The summed E-state index contributed by atoms with van der Waals surface area (Å²) in [4.78, 5) is 0. The molecule has 0 atom stereocenters. The van der Waals surface area contributed by atoms with Crippen LogP contribution < -0.4 is 5.73 Å². The molecule has 0 aliphatic rings. The van der Waals surface area contributed by atoms with Crippen LogP contribution in [-0.4, -0.2) is 10.6 Å². The van der Waals surface area contributed by atoms with Gasteiger partial charge in [0.05, 0.1) is 0 Å². The highest BCUT2D eigenvalue weighted by atomic mass is 19.2. The van der Waals surface area contributed by atoms with Crippen LogP contribution in [0.15, 0.2) is 12.1 Å². The highest BCUT2D eigenvalue weighted by molar-refractivity contribution is 5.35. The Bertz CT molecular complexity index is 345. The van der Waals surface area contributed by atoms with Gasteiger partial charge in [-0.15, -0.1) is 0 Å². The minimum absolute atomic E-state index is 0.288. The Balaban J connectivity index is 3.06. The van der Waals surface area contributed by atoms with Gasteiger partial charge in [0, 0.05) is 5.54 Å². The summed E-state index contributed by atoms with van der Waals surface area (Å²) in [6.45, 7) is 3.49. The van der Waals surface area contributed by atoms with Crippen LogP contribution in [0.3, 0.4) is 0 Å². The van der Waals surface area contributed by atoms with E-state index in [-0.39, 0.29) is 6.42 Å². The van der Waals surface area contributed by atoms with Gasteiger partial charge in [-0.3, -0.25) is 0 Å². The molecule has 0 fully saturated rings. The predicted molar refractivity (Wildman–Crippen MR) is 50.0 cm³/mol. The molecule has 0 saturated heterocycles. The highest BCUT2D eigenvalue weighted by Crippen LogP contribution is 2.26. The van der Waals surface area contributed by atoms with Crippen molar-refractivity contribution in [1.29, 1.82) is 0 Å². The zero-order chi connectivity index (χ0) is 10.9. The summed E-state index contributed by atoms with van der Waals surface area (Å²) in [5, 5.41) is 9.27. The number of halogens is 2. The van der Waals surface area contributed by atoms with Crippen molar-refractivity contribution in [2.75, 3.05) is 0 Å². The Morgan fingerprint density at radius 1 is 1.36 bits per heavy atom. The molecule has 4 heteroatoms. The zero-order valence-electron chi connectivity index (χ0n) is 8.14. The molecule has 0 amide bonds. The number of rotatable bonds is 2. The molecule has 0 bridgehead atoms. The van der Waals surface area contributed by atoms with E-state index in [1.165, 1.54) is 6.07 Å². The molecule has 14 heavy (non-hydrogen) atoms. The zero-order valence-corrected chi connectivity index (χ0v) is 8.14. The SMILES string of the molecule is CC(C)(N)Cc1ccc(F)c(F)c1O. The van der Waals surface area contributed by atoms with Crippen molar-refractivity contribution >= 4 is 0 Å². The molecule has 1 aromatic rings. The van der Waals surface area contributed by atoms with E-state index in [2.05, 4.69) is 0 Å². The molecule has 3 N–H and O–H groups in total. The molecule has 0 aliphatic carbocycles. The van der Waals surface area contributed by atoms with Gasteiger partial charge in [-0.05, 0) is 31.9 Å². The maximum absolute atomic E-state index is 12.9. The van der Waals surface area contributed by atoms with Crippen molar-refractivity contribution in [3.05, 3.63) is 29.3 Å². The first kappa shape index (κ1) is 10.9. The average molecular weight is 201 g/mol. The van der Waals surface area contributed by atoms with Gasteiger partial charge in [-0.1, -0.05) is 6.07 Å². The first-order chi connectivity index (χ1) is 6.31. The first-order valence-electron chi connectivity index (χ1n) is 4.26. The summed E-state index contributed by atoms with van der Waals surface area (Å²) in [6, 6.07) is 2.32.